The molecule has 29 heavy (non-hydrogen) atoms. The number of methoxy groups -OCH3 is 1. The van der Waals surface area contributed by atoms with Gasteiger partial charge < -0.3 is 9.72 Å². The normalized spacial score (nSPS) is 23.6. The summed E-state index contributed by atoms with van der Waals surface area (Å²) in [6.45, 7) is 7.74. The highest BCUT2D eigenvalue weighted by Gasteiger charge is 2.31. The van der Waals surface area contributed by atoms with E-state index in [2.05, 4.69) is 53.4 Å². The van der Waals surface area contributed by atoms with E-state index < -0.39 is 0 Å². The van der Waals surface area contributed by atoms with E-state index in [1.54, 1.807) is 13.2 Å². The van der Waals surface area contributed by atoms with Crippen LogP contribution >= 0.6 is 11.6 Å². The van der Waals surface area contributed by atoms with Crippen LogP contribution in [0.3, 0.4) is 0 Å². The Morgan fingerprint density at radius 3 is 3.00 bits per heavy atom. The highest BCUT2D eigenvalue weighted by molar-refractivity contribution is 6.31. The van der Waals surface area contributed by atoms with Gasteiger partial charge in [-0.3, -0.25) is 4.90 Å². The lowest BCUT2D eigenvalue weighted by atomic mass is 9.92. The summed E-state index contributed by atoms with van der Waals surface area (Å²) in [4.78, 5) is 6.18. The van der Waals surface area contributed by atoms with Crippen molar-refractivity contribution < 1.29 is 4.74 Å². The van der Waals surface area contributed by atoms with Crippen molar-refractivity contribution in [3.63, 3.8) is 0 Å². The third kappa shape index (κ3) is 3.90. The van der Waals surface area contributed by atoms with Gasteiger partial charge in [-0.15, -0.1) is 5.73 Å². The molecule has 0 fully saturated rings. The van der Waals surface area contributed by atoms with Crippen LogP contribution in [0.4, 0.5) is 0 Å². The van der Waals surface area contributed by atoms with Gasteiger partial charge >= 0.3 is 0 Å². The van der Waals surface area contributed by atoms with Crippen LogP contribution in [-0.2, 0) is 11.2 Å². The number of hydrogen-bond donors (Lipinski definition) is 1. The van der Waals surface area contributed by atoms with Crippen LogP contribution in [0.25, 0.3) is 10.9 Å². The van der Waals surface area contributed by atoms with Crippen LogP contribution in [0.5, 0.6) is 0 Å². The van der Waals surface area contributed by atoms with Crippen LogP contribution in [0.1, 0.15) is 24.2 Å². The molecule has 0 saturated heterocycles. The van der Waals surface area contributed by atoms with Crippen LogP contribution in [0.2, 0.25) is 5.02 Å². The Morgan fingerprint density at radius 1 is 1.34 bits per heavy atom. The van der Waals surface area contributed by atoms with E-state index >= 15 is 0 Å². The van der Waals surface area contributed by atoms with E-state index in [0.29, 0.717) is 0 Å². The molecule has 4 rings (SSSR count). The lowest BCUT2D eigenvalue weighted by molar-refractivity contribution is 0.227. The molecule has 0 spiro atoms. The monoisotopic (exact) mass is 404 g/mol. The molecule has 0 radical (unpaired) electrons. The molecule has 148 valence electrons. The number of aromatic amines is 1. The maximum Gasteiger partial charge on any atom is 0.126 e. The van der Waals surface area contributed by atoms with E-state index in [1.807, 2.05) is 24.3 Å². The highest BCUT2D eigenvalue weighted by atomic mass is 35.5. The van der Waals surface area contributed by atoms with Crippen LogP contribution < -0.4 is 0 Å². The first-order valence-corrected chi connectivity index (χ1v) is 10.2. The average Bonchev–Trinajstić information content (AvgIpc) is 3.08. The Balaban J connectivity index is 1.86. The number of nitrogens with one attached hydrogen (secondary N) is 1. The number of aromatic nitrogens is 1. The number of rotatable bonds is 3. The first-order chi connectivity index (χ1) is 14.1. The molecule has 0 unspecified atom stereocenters. The minimum Gasteiger partial charge on any atom is -0.496 e. The quantitative estimate of drug-likeness (QED) is 0.499. The summed E-state index contributed by atoms with van der Waals surface area (Å²) in [5.74, 6) is 0.779. The van der Waals surface area contributed by atoms with Crippen molar-refractivity contribution in [2.45, 2.75) is 19.4 Å². The summed E-state index contributed by atoms with van der Waals surface area (Å²) in [5, 5.41) is 2.00. The molecule has 0 amide bonds. The summed E-state index contributed by atoms with van der Waals surface area (Å²) in [5.41, 5.74) is 9.52. The highest BCUT2D eigenvalue weighted by Crippen LogP contribution is 2.39. The van der Waals surface area contributed by atoms with E-state index in [0.717, 1.165) is 41.4 Å². The van der Waals surface area contributed by atoms with Crippen molar-refractivity contribution in [1.82, 2.24) is 9.88 Å². The van der Waals surface area contributed by atoms with Gasteiger partial charge in [-0.05, 0) is 49.3 Å². The first-order valence-electron chi connectivity index (χ1n) is 9.82. The Bertz CT molecular complexity index is 1110. The first kappa shape index (κ1) is 19.6. The van der Waals surface area contributed by atoms with Crippen LogP contribution in [0, 0.1) is 0 Å². The molecule has 3 nitrogen and oxygen atoms in total. The van der Waals surface area contributed by atoms with Gasteiger partial charge in [0.15, 0.2) is 0 Å². The summed E-state index contributed by atoms with van der Waals surface area (Å²) in [7, 11) is 1.69. The largest absolute Gasteiger partial charge is 0.496 e. The van der Waals surface area contributed by atoms with Gasteiger partial charge in [-0.2, -0.15) is 0 Å². The number of halogens is 1. The minimum atomic E-state index is 0.159. The maximum atomic E-state index is 6.28. The molecule has 1 aromatic carbocycles. The third-order valence-corrected chi connectivity index (χ3v) is 5.81. The second kappa shape index (κ2) is 8.34. The molecule has 2 aliphatic rings. The summed E-state index contributed by atoms with van der Waals surface area (Å²) in [6.07, 6.45) is 12.8. The Hall–Kier alpha value is -2.71. The van der Waals surface area contributed by atoms with Gasteiger partial charge in [0.1, 0.15) is 5.76 Å². The Kier molecular flexibility index (Phi) is 5.64. The second-order valence-electron chi connectivity index (χ2n) is 7.42. The predicted molar refractivity (Wildman–Crippen MR) is 121 cm³/mol. The van der Waals surface area contributed by atoms with Gasteiger partial charge in [0.25, 0.3) is 0 Å². The van der Waals surface area contributed by atoms with E-state index in [4.69, 9.17) is 16.3 Å². The fourth-order valence-corrected chi connectivity index (χ4v) is 4.36. The van der Waals surface area contributed by atoms with Crippen molar-refractivity contribution in [2.24, 2.45) is 0 Å². The SMILES string of the molecule is C=C/C=C\C1=C=C/C(OC)=C\C=C(/C)[C@H]2c3[nH]c4ccc(Cl)cc4c3CCN2C1. The molecule has 1 N–H and O–H groups in total. The van der Waals surface area contributed by atoms with Crippen molar-refractivity contribution >= 4 is 22.5 Å². The van der Waals surface area contributed by atoms with E-state index in [9.17, 15) is 0 Å². The summed E-state index contributed by atoms with van der Waals surface area (Å²) >= 11 is 6.28. The summed E-state index contributed by atoms with van der Waals surface area (Å²) in [6, 6.07) is 6.25. The van der Waals surface area contributed by atoms with Gasteiger partial charge in [-0.1, -0.05) is 42.0 Å². The molecular weight excluding hydrogens is 380 g/mol. The van der Waals surface area contributed by atoms with E-state index in [1.165, 1.54) is 22.2 Å². The van der Waals surface area contributed by atoms with Crippen molar-refractivity contribution in [3.8, 4) is 0 Å². The van der Waals surface area contributed by atoms with Gasteiger partial charge in [0, 0.05) is 46.4 Å². The molecule has 0 bridgehead atoms. The van der Waals surface area contributed by atoms with Gasteiger partial charge in [-0.25, -0.2) is 0 Å². The fraction of sp³-hybridized carbons (Fsp3) is 0.240. The molecule has 1 aromatic heterocycles. The van der Waals surface area contributed by atoms with Gasteiger partial charge in [0.05, 0.1) is 13.2 Å². The number of allylic oxidation sites excluding steroid dienone is 5. The number of benzene rings is 1. The van der Waals surface area contributed by atoms with Crippen molar-refractivity contribution in [1.29, 1.82) is 0 Å². The molecule has 0 saturated carbocycles. The average molecular weight is 405 g/mol. The van der Waals surface area contributed by atoms with Crippen molar-refractivity contribution in [2.75, 3.05) is 20.2 Å². The zero-order chi connectivity index (χ0) is 20.4. The lowest BCUT2D eigenvalue weighted by Gasteiger charge is -2.36. The number of H-pyrrole nitrogens is 1. The Labute approximate surface area is 177 Å². The zero-order valence-corrected chi connectivity index (χ0v) is 17.6. The van der Waals surface area contributed by atoms with Gasteiger partial charge in [0.2, 0.25) is 0 Å². The minimum absolute atomic E-state index is 0.159. The molecule has 2 aliphatic heterocycles. The zero-order valence-electron chi connectivity index (χ0n) is 16.8. The lowest BCUT2D eigenvalue weighted by Crippen LogP contribution is -2.37. The molecule has 0 aliphatic carbocycles. The third-order valence-electron chi connectivity index (χ3n) is 5.57. The molecule has 2 aromatic rings. The number of hydrogen-bond acceptors (Lipinski definition) is 2. The molecule has 3 heterocycles. The standard InChI is InChI=1S/C25H25ClN2O/c1-4-5-6-18-8-11-20(29-3)10-7-17(2)25-24-21(13-14-28(25)16-18)22-15-19(26)9-12-23(22)27-24/h4-7,9-12,15,25,27H,1,13-14,16H2,2-3H3/b6-5-,17-7+,20-10+/t8?,25-/m0/s1. The second-order valence-corrected chi connectivity index (χ2v) is 7.86. The molecular formula is C25H25ClN2O. The number of ether oxygens (including phenoxy) is 1. The molecule has 1 atom stereocenters. The summed E-state index contributed by atoms with van der Waals surface area (Å²) < 4.78 is 5.50. The number of nitrogens with zero attached hydrogens (tertiary/aromatic N) is 1. The number of fused-ring (bicyclic) bond motifs is 5. The Morgan fingerprint density at radius 2 is 2.21 bits per heavy atom. The van der Waals surface area contributed by atoms with Crippen LogP contribution in [-0.4, -0.2) is 30.1 Å². The van der Waals surface area contributed by atoms with Crippen molar-refractivity contribution in [3.05, 3.63) is 100 Å². The topological polar surface area (TPSA) is 28.3 Å². The van der Waals surface area contributed by atoms with Crippen LogP contribution in [0.15, 0.2) is 83.9 Å². The predicted octanol–water partition coefficient (Wildman–Crippen LogP) is 6.03. The maximum absolute atomic E-state index is 6.28. The van der Waals surface area contributed by atoms with E-state index in [-0.39, 0.29) is 6.04 Å². The fourth-order valence-electron chi connectivity index (χ4n) is 4.19. The smallest absolute Gasteiger partial charge is 0.126 e. The molecule has 4 heteroatoms.